The Balaban J connectivity index is 1.39. The smallest absolute Gasteiger partial charge is 0.220 e. The lowest BCUT2D eigenvalue weighted by atomic mass is 9.96. The van der Waals surface area contributed by atoms with Crippen molar-refractivity contribution in [2.45, 2.75) is 420 Å². The number of hydrogen-bond acceptors (Lipinski definition) is 18. The minimum Gasteiger partial charge on any atom is -0.394 e. The van der Waals surface area contributed by atoms with Gasteiger partial charge in [0.25, 0.3) is 0 Å². The first-order chi connectivity index (χ1) is 47.8. The maximum atomic E-state index is 13.5. The summed E-state index contributed by atoms with van der Waals surface area (Å²) >= 11 is 0. The van der Waals surface area contributed by atoms with Crippen molar-refractivity contribution in [3.05, 3.63) is 48.6 Å². The molecule has 0 aromatic heterocycles. The molecular weight excluding hydrogens is 1250 g/mol. The average molecular weight is 1400 g/mol. The SMILES string of the molecule is CCCCCCC/C=C\C/C=C\C/C=C\CCCCCCCCCCCCCCCCC(=O)NC(COC1OC(CO)C(OC2OC(CO)C(OC3OC(CO)C(O)C(O)C3O)C(O)C2O)C(O)C1O)C(O)/C=C/CCCCCCCCCCCCCCCCCCCCCCCC. The first-order valence-electron chi connectivity index (χ1n) is 39.9. The van der Waals surface area contributed by atoms with E-state index >= 15 is 0 Å². The number of carbonyl (C=O) groups excluding carboxylic acids is 1. The molecule has 0 aromatic carbocycles. The molecule has 17 atom stereocenters. The van der Waals surface area contributed by atoms with E-state index in [1.165, 1.54) is 231 Å². The average Bonchev–Trinajstić information content (AvgIpc) is 0.784. The molecule has 3 fully saturated rings. The summed E-state index contributed by atoms with van der Waals surface area (Å²) in [5.41, 5.74) is 0. The maximum Gasteiger partial charge on any atom is 0.220 e. The fourth-order valence-electron chi connectivity index (χ4n) is 13.4. The zero-order valence-corrected chi connectivity index (χ0v) is 61.3. The number of allylic oxidation sites excluding steroid dienone is 7. The third-order valence-corrected chi connectivity index (χ3v) is 19.9. The Morgan fingerprint density at radius 1 is 0.367 bits per heavy atom. The van der Waals surface area contributed by atoms with Crippen LogP contribution in [-0.4, -0.2) is 193 Å². The highest BCUT2D eigenvalue weighted by Crippen LogP contribution is 2.33. The predicted molar refractivity (Wildman–Crippen MR) is 388 cm³/mol. The summed E-state index contributed by atoms with van der Waals surface area (Å²) in [6.07, 6.45) is 48.0. The Hall–Kier alpha value is -2.25. The molecule has 0 aromatic rings. The van der Waals surface area contributed by atoms with Crippen LogP contribution in [0.3, 0.4) is 0 Å². The second-order valence-corrected chi connectivity index (χ2v) is 28.5. The molecule has 574 valence electrons. The Bertz CT molecular complexity index is 1960. The standard InChI is InChI=1S/C79H145NO18/c1-3-5-7-9-11-13-15-17-19-21-23-25-27-29-30-31-32-33-35-37-39-41-43-45-47-49-51-53-55-57-67(85)80-62(63(84)56-54-52-50-48-46-44-42-40-38-36-34-28-26-24-22-20-18-16-14-12-10-8-6-4-2)61-93-77-73(91)70(88)75(65(59-82)95-77)98-79-74(92)71(89)76(66(60-83)96-79)97-78-72(90)69(87)68(86)64(58-81)94-78/h15,17,21,23,27,29,54,56,62-66,68-79,81-84,86-92H,3-14,16,18-20,22,24-26,28,30-53,55,57-61H2,1-2H3,(H,80,85)/b17-15-,23-21-,29-27-,56-54+. The van der Waals surface area contributed by atoms with Gasteiger partial charge in [0, 0.05) is 6.42 Å². The summed E-state index contributed by atoms with van der Waals surface area (Å²) in [5.74, 6) is -0.273. The number of aliphatic hydroxyl groups is 11. The predicted octanol–water partition coefficient (Wildman–Crippen LogP) is 12.9. The molecule has 3 saturated heterocycles. The molecule has 19 nitrogen and oxygen atoms in total. The van der Waals surface area contributed by atoms with Crippen LogP contribution in [0, 0.1) is 0 Å². The van der Waals surface area contributed by atoms with E-state index in [4.69, 9.17) is 28.4 Å². The second kappa shape index (κ2) is 60.1. The van der Waals surface area contributed by atoms with Crippen molar-refractivity contribution in [2.75, 3.05) is 26.4 Å². The minimum atomic E-state index is -1.98. The van der Waals surface area contributed by atoms with E-state index in [1.807, 2.05) is 6.08 Å². The zero-order valence-electron chi connectivity index (χ0n) is 61.3. The van der Waals surface area contributed by atoms with Crippen molar-refractivity contribution in [3.63, 3.8) is 0 Å². The second-order valence-electron chi connectivity index (χ2n) is 28.5. The molecule has 0 aliphatic carbocycles. The van der Waals surface area contributed by atoms with Crippen LogP contribution in [0.5, 0.6) is 0 Å². The zero-order chi connectivity index (χ0) is 71.1. The monoisotopic (exact) mass is 1400 g/mol. The van der Waals surface area contributed by atoms with Gasteiger partial charge in [-0.3, -0.25) is 4.79 Å². The topological polar surface area (TPSA) is 307 Å². The van der Waals surface area contributed by atoms with Gasteiger partial charge in [-0.05, 0) is 57.8 Å². The normalized spacial score (nSPS) is 27.0. The molecular formula is C79H145NO18. The Morgan fingerprint density at radius 3 is 1.05 bits per heavy atom. The van der Waals surface area contributed by atoms with Gasteiger partial charge in [0.1, 0.15) is 73.2 Å². The third-order valence-electron chi connectivity index (χ3n) is 19.9. The molecule has 3 aliphatic rings. The molecule has 3 heterocycles. The summed E-state index contributed by atoms with van der Waals surface area (Å²) < 4.78 is 34.5. The van der Waals surface area contributed by atoms with Crippen molar-refractivity contribution >= 4 is 5.91 Å². The van der Waals surface area contributed by atoms with E-state index in [0.717, 1.165) is 57.8 Å². The lowest BCUT2D eigenvalue weighted by Gasteiger charge is -2.48. The van der Waals surface area contributed by atoms with Crippen molar-refractivity contribution in [1.82, 2.24) is 5.32 Å². The third kappa shape index (κ3) is 40.1. The van der Waals surface area contributed by atoms with Crippen LogP contribution in [0.4, 0.5) is 0 Å². The lowest BCUT2D eigenvalue weighted by Crippen LogP contribution is -2.66. The van der Waals surface area contributed by atoms with Crippen molar-refractivity contribution < 1.29 is 89.4 Å². The van der Waals surface area contributed by atoms with Crippen LogP contribution in [-0.2, 0) is 33.2 Å². The van der Waals surface area contributed by atoms with Crippen LogP contribution in [0.2, 0.25) is 0 Å². The number of ether oxygens (including phenoxy) is 6. The highest BCUT2D eigenvalue weighted by atomic mass is 16.8. The molecule has 12 N–H and O–H groups in total. The van der Waals surface area contributed by atoms with E-state index in [-0.39, 0.29) is 18.9 Å². The number of amides is 1. The van der Waals surface area contributed by atoms with E-state index in [2.05, 4.69) is 55.6 Å². The molecule has 0 bridgehead atoms. The molecule has 98 heavy (non-hydrogen) atoms. The van der Waals surface area contributed by atoms with Gasteiger partial charge in [0.05, 0.1) is 38.6 Å². The van der Waals surface area contributed by atoms with Gasteiger partial charge >= 0.3 is 0 Å². The summed E-state index contributed by atoms with van der Waals surface area (Å²) in [7, 11) is 0. The molecule has 17 unspecified atom stereocenters. The lowest BCUT2D eigenvalue weighted by molar-refractivity contribution is -0.379. The van der Waals surface area contributed by atoms with Gasteiger partial charge < -0.3 is 89.9 Å². The highest BCUT2D eigenvalue weighted by Gasteiger charge is 2.54. The van der Waals surface area contributed by atoms with Gasteiger partial charge in [0.2, 0.25) is 5.91 Å². The molecule has 19 heteroatoms. The Morgan fingerprint density at radius 2 is 0.673 bits per heavy atom. The molecule has 0 saturated carbocycles. The van der Waals surface area contributed by atoms with Crippen LogP contribution < -0.4 is 5.32 Å². The number of unbranched alkanes of at least 4 members (excludes halogenated alkanes) is 41. The molecule has 0 spiro atoms. The number of aliphatic hydroxyl groups excluding tert-OH is 11. The van der Waals surface area contributed by atoms with Crippen LogP contribution >= 0.6 is 0 Å². The van der Waals surface area contributed by atoms with Crippen molar-refractivity contribution in [1.29, 1.82) is 0 Å². The van der Waals surface area contributed by atoms with Crippen molar-refractivity contribution in [2.24, 2.45) is 0 Å². The van der Waals surface area contributed by atoms with E-state index in [9.17, 15) is 61.0 Å². The van der Waals surface area contributed by atoms with Gasteiger partial charge in [-0.25, -0.2) is 0 Å². The molecule has 3 rings (SSSR count). The molecule has 0 radical (unpaired) electrons. The van der Waals surface area contributed by atoms with Crippen molar-refractivity contribution in [3.8, 4) is 0 Å². The van der Waals surface area contributed by atoms with Crippen LogP contribution in [0.1, 0.15) is 316 Å². The summed E-state index contributed by atoms with van der Waals surface area (Å²) in [4.78, 5) is 13.5. The number of carbonyl (C=O) groups is 1. The summed E-state index contributed by atoms with van der Waals surface area (Å²) in [6, 6.07) is -0.976. The van der Waals surface area contributed by atoms with E-state index in [1.54, 1.807) is 6.08 Å². The molecule has 3 aliphatic heterocycles. The van der Waals surface area contributed by atoms with Gasteiger partial charge in [0.15, 0.2) is 18.9 Å². The van der Waals surface area contributed by atoms with Crippen LogP contribution in [0.15, 0.2) is 48.6 Å². The Kier molecular flexibility index (Phi) is 55.1. The number of hydrogen-bond donors (Lipinski definition) is 12. The quantitative estimate of drug-likeness (QED) is 0.0199. The number of nitrogens with one attached hydrogen (secondary N) is 1. The first-order valence-corrected chi connectivity index (χ1v) is 39.9. The largest absolute Gasteiger partial charge is 0.394 e. The van der Waals surface area contributed by atoms with E-state index < -0.39 is 124 Å². The molecule has 1 amide bonds. The summed E-state index contributed by atoms with van der Waals surface area (Å²) in [5, 5.41) is 121. The van der Waals surface area contributed by atoms with Gasteiger partial charge in [-0.15, -0.1) is 0 Å². The highest BCUT2D eigenvalue weighted by molar-refractivity contribution is 5.76. The fourth-order valence-corrected chi connectivity index (χ4v) is 13.4. The Labute approximate surface area is 593 Å². The number of rotatable bonds is 63. The van der Waals surface area contributed by atoms with E-state index in [0.29, 0.717) is 6.42 Å². The maximum absolute atomic E-state index is 13.5. The summed E-state index contributed by atoms with van der Waals surface area (Å²) in [6.45, 7) is 1.77. The fraction of sp³-hybridized carbons (Fsp3) is 0.886. The van der Waals surface area contributed by atoms with Crippen LogP contribution in [0.25, 0.3) is 0 Å². The first kappa shape index (κ1) is 90.0. The van der Waals surface area contributed by atoms with Gasteiger partial charge in [-0.2, -0.15) is 0 Å². The van der Waals surface area contributed by atoms with Gasteiger partial charge in [-0.1, -0.05) is 300 Å². The minimum absolute atomic E-state index is 0.243.